The zero-order valence-corrected chi connectivity index (χ0v) is 10.8. The summed E-state index contributed by atoms with van der Waals surface area (Å²) in [6.07, 6.45) is 6.14. The number of imide groups is 1. The molecule has 0 spiro atoms. The van der Waals surface area contributed by atoms with Gasteiger partial charge in [0, 0.05) is 6.54 Å². The van der Waals surface area contributed by atoms with E-state index in [0.717, 1.165) is 25.9 Å². The normalized spacial score (nSPS) is 36.8. The van der Waals surface area contributed by atoms with Crippen LogP contribution in [0.3, 0.4) is 0 Å². The molecule has 2 bridgehead atoms. The van der Waals surface area contributed by atoms with E-state index in [2.05, 4.69) is 24.4 Å². The third-order valence-electron chi connectivity index (χ3n) is 4.55. The summed E-state index contributed by atoms with van der Waals surface area (Å²) in [5.41, 5.74) is 0. The number of nitrogens with one attached hydrogen (secondary N) is 1. The highest BCUT2D eigenvalue weighted by Gasteiger charge is 2.58. The maximum atomic E-state index is 12.3. The van der Waals surface area contributed by atoms with Crippen LogP contribution in [0.25, 0.3) is 0 Å². The highest BCUT2D eigenvalue weighted by molar-refractivity contribution is 6.06. The van der Waals surface area contributed by atoms with Crippen LogP contribution in [-0.2, 0) is 9.59 Å². The van der Waals surface area contributed by atoms with Crippen molar-refractivity contribution in [2.24, 2.45) is 23.7 Å². The Morgan fingerprint density at radius 3 is 2.39 bits per heavy atom. The maximum absolute atomic E-state index is 12.3. The van der Waals surface area contributed by atoms with Crippen LogP contribution in [0, 0.1) is 23.7 Å². The van der Waals surface area contributed by atoms with Crippen molar-refractivity contribution in [2.75, 3.05) is 19.6 Å². The SMILES string of the molecule is CCNCCCN1C(=O)C2C3C=CC(C3)C2C1=O. The molecule has 1 saturated heterocycles. The van der Waals surface area contributed by atoms with Crippen LogP contribution in [0.4, 0.5) is 0 Å². The van der Waals surface area contributed by atoms with Gasteiger partial charge in [0.05, 0.1) is 11.8 Å². The molecule has 0 aromatic rings. The Morgan fingerprint density at radius 1 is 1.22 bits per heavy atom. The first kappa shape index (κ1) is 11.9. The molecule has 4 heteroatoms. The molecule has 1 aliphatic heterocycles. The second kappa shape index (κ2) is 4.50. The van der Waals surface area contributed by atoms with Crippen LogP contribution in [0.1, 0.15) is 19.8 Å². The molecule has 1 N–H and O–H groups in total. The first-order chi connectivity index (χ1) is 8.74. The van der Waals surface area contributed by atoms with Gasteiger partial charge in [0.1, 0.15) is 0 Å². The molecule has 4 atom stereocenters. The summed E-state index contributed by atoms with van der Waals surface area (Å²) < 4.78 is 0. The molecule has 18 heavy (non-hydrogen) atoms. The van der Waals surface area contributed by atoms with Crippen molar-refractivity contribution in [2.45, 2.75) is 19.8 Å². The Kier molecular flexibility index (Phi) is 2.98. The molecule has 0 radical (unpaired) electrons. The fourth-order valence-electron chi connectivity index (χ4n) is 3.72. The predicted molar refractivity (Wildman–Crippen MR) is 67.6 cm³/mol. The van der Waals surface area contributed by atoms with E-state index in [9.17, 15) is 9.59 Å². The molecule has 3 rings (SSSR count). The third-order valence-corrected chi connectivity index (χ3v) is 4.55. The minimum Gasteiger partial charge on any atom is -0.317 e. The number of hydrogen-bond acceptors (Lipinski definition) is 3. The molecule has 4 unspecified atom stereocenters. The Balaban J connectivity index is 1.65. The smallest absolute Gasteiger partial charge is 0.233 e. The van der Waals surface area contributed by atoms with Gasteiger partial charge in [0.25, 0.3) is 0 Å². The van der Waals surface area contributed by atoms with Gasteiger partial charge in [-0.25, -0.2) is 0 Å². The molecular formula is C14H20N2O2. The molecule has 4 nitrogen and oxygen atoms in total. The Bertz CT molecular complexity index is 375. The minimum absolute atomic E-state index is 0.0355. The number of amides is 2. The predicted octanol–water partition coefficient (Wildman–Crippen LogP) is 0.793. The number of rotatable bonds is 5. The van der Waals surface area contributed by atoms with Crippen LogP contribution in [0.15, 0.2) is 12.2 Å². The van der Waals surface area contributed by atoms with Crippen molar-refractivity contribution in [3.8, 4) is 0 Å². The second-order valence-electron chi connectivity index (χ2n) is 5.54. The van der Waals surface area contributed by atoms with Gasteiger partial charge >= 0.3 is 0 Å². The van der Waals surface area contributed by atoms with Gasteiger partial charge in [-0.15, -0.1) is 0 Å². The van der Waals surface area contributed by atoms with Crippen molar-refractivity contribution in [1.29, 1.82) is 0 Å². The lowest BCUT2D eigenvalue weighted by atomic mass is 9.85. The summed E-state index contributed by atoms with van der Waals surface area (Å²) in [5.74, 6) is 0.750. The van der Waals surface area contributed by atoms with E-state index in [4.69, 9.17) is 0 Å². The van der Waals surface area contributed by atoms with E-state index in [1.807, 2.05) is 0 Å². The van der Waals surface area contributed by atoms with Gasteiger partial charge in [0.2, 0.25) is 11.8 Å². The molecule has 2 aliphatic carbocycles. The Morgan fingerprint density at radius 2 is 1.83 bits per heavy atom. The fraction of sp³-hybridized carbons (Fsp3) is 0.714. The first-order valence-electron chi connectivity index (χ1n) is 6.98. The molecular weight excluding hydrogens is 228 g/mol. The summed E-state index contributed by atoms with van der Waals surface area (Å²) in [6, 6.07) is 0. The van der Waals surface area contributed by atoms with E-state index in [-0.39, 0.29) is 23.7 Å². The number of hydrogen-bond donors (Lipinski definition) is 1. The van der Waals surface area contributed by atoms with Gasteiger partial charge in [-0.1, -0.05) is 19.1 Å². The van der Waals surface area contributed by atoms with Crippen molar-refractivity contribution >= 4 is 11.8 Å². The second-order valence-corrected chi connectivity index (χ2v) is 5.54. The minimum atomic E-state index is -0.0355. The number of allylic oxidation sites excluding steroid dienone is 2. The summed E-state index contributed by atoms with van der Waals surface area (Å²) in [4.78, 5) is 26.1. The van der Waals surface area contributed by atoms with Gasteiger partial charge < -0.3 is 5.32 Å². The monoisotopic (exact) mass is 248 g/mol. The van der Waals surface area contributed by atoms with Gasteiger partial charge in [0.15, 0.2) is 0 Å². The molecule has 1 heterocycles. The molecule has 3 aliphatic rings. The average molecular weight is 248 g/mol. The number of carbonyl (C=O) groups is 2. The van der Waals surface area contributed by atoms with Crippen LogP contribution in [-0.4, -0.2) is 36.3 Å². The van der Waals surface area contributed by atoms with Crippen molar-refractivity contribution in [3.05, 3.63) is 12.2 Å². The quantitative estimate of drug-likeness (QED) is 0.444. The van der Waals surface area contributed by atoms with Crippen LogP contribution < -0.4 is 5.32 Å². The molecule has 0 aromatic heterocycles. The topological polar surface area (TPSA) is 49.4 Å². The zero-order chi connectivity index (χ0) is 12.7. The average Bonchev–Trinajstić information content (AvgIpc) is 3.02. The fourth-order valence-corrected chi connectivity index (χ4v) is 3.72. The van der Waals surface area contributed by atoms with Crippen LogP contribution in [0.5, 0.6) is 0 Å². The molecule has 2 fully saturated rings. The maximum Gasteiger partial charge on any atom is 0.233 e. The van der Waals surface area contributed by atoms with Crippen LogP contribution >= 0.6 is 0 Å². The van der Waals surface area contributed by atoms with Crippen molar-refractivity contribution < 1.29 is 9.59 Å². The Labute approximate surface area is 107 Å². The highest BCUT2D eigenvalue weighted by atomic mass is 16.2. The molecule has 1 saturated carbocycles. The van der Waals surface area contributed by atoms with Crippen LogP contribution in [0.2, 0.25) is 0 Å². The van der Waals surface area contributed by atoms with E-state index >= 15 is 0 Å². The zero-order valence-electron chi connectivity index (χ0n) is 10.8. The highest BCUT2D eigenvalue weighted by Crippen LogP contribution is 2.52. The largest absolute Gasteiger partial charge is 0.317 e. The van der Waals surface area contributed by atoms with E-state index in [1.165, 1.54) is 4.90 Å². The van der Waals surface area contributed by atoms with E-state index in [1.54, 1.807) is 0 Å². The lowest BCUT2D eigenvalue weighted by molar-refractivity contribution is -0.140. The summed E-state index contributed by atoms with van der Waals surface area (Å²) >= 11 is 0. The number of fused-ring (bicyclic) bond motifs is 5. The number of likely N-dealkylation sites (tertiary alicyclic amines) is 1. The summed E-state index contributed by atoms with van der Waals surface area (Å²) in [5, 5.41) is 3.22. The van der Waals surface area contributed by atoms with Crippen molar-refractivity contribution in [3.63, 3.8) is 0 Å². The van der Waals surface area contributed by atoms with E-state index < -0.39 is 0 Å². The summed E-state index contributed by atoms with van der Waals surface area (Å²) in [7, 11) is 0. The number of nitrogens with zero attached hydrogens (tertiary/aromatic N) is 1. The standard InChI is InChI=1S/C14H20N2O2/c1-2-15-6-3-7-16-13(17)11-9-4-5-10(8-9)12(11)14(16)18/h4-5,9-12,15H,2-3,6-8H2,1H3. The Hall–Kier alpha value is -1.16. The molecule has 98 valence electrons. The van der Waals surface area contributed by atoms with Gasteiger partial charge in [-0.2, -0.15) is 0 Å². The lowest BCUT2D eigenvalue weighted by Crippen LogP contribution is -2.35. The van der Waals surface area contributed by atoms with Gasteiger partial charge in [-0.05, 0) is 37.8 Å². The van der Waals surface area contributed by atoms with E-state index in [0.29, 0.717) is 18.4 Å². The molecule has 0 aromatic carbocycles. The first-order valence-corrected chi connectivity index (χ1v) is 6.98. The number of carbonyl (C=O) groups excluding carboxylic acids is 2. The molecule has 2 amide bonds. The van der Waals surface area contributed by atoms with Crippen molar-refractivity contribution in [1.82, 2.24) is 10.2 Å². The summed E-state index contributed by atoms with van der Waals surface area (Å²) in [6.45, 7) is 4.44. The van der Waals surface area contributed by atoms with Gasteiger partial charge in [-0.3, -0.25) is 14.5 Å². The lowest BCUT2D eigenvalue weighted by Gasteiger charge is -2.17. The third kappa shape index (κ3) is 1.62.